The number of thiazole rings is 1. The van der Waals surface area contributed by atoms with Crippen LogP contribution in [0.15, 0.2) is 47.4 Å². The largest absolute Gasteiger partial charge is 0.347 e. The molecular weight excluding hydrogens is 442 g/mol. The van der Waals surface area contributed by atoms with E-state index in [0.717, 1.165) is 34.5 Å². The van der Waals surface area contributed by atoms with E-state index in [4.69, 9.17) is 0 Å². The summed E-state index contributed by atoms with van der Waals surface area (Å²) in [6.07, 6.45) is 1.82. The van der Waals surface area contributed by atoms with Crippen molar-refractivity contribution in [2.45, 2.75) is 45.1 Å². The lowest BCUT2D eigenvalue weighted by Crippen LogP contribution is -2.27. The lowest BCUT2D eigenvalue weighted by Gasteiger charge is -2.15. The minimum atomic E-state index is -3.43. The first-order chi connectivity index (χ1) is 15.3. The molecule has 1 aromatic heterocycles. The van der Waals surface area contributed by atoms with Gasteiger partial charge in [-0.1, -0.05) is 35.9 Å². The first kappa shape index (κ1) is 22.6. The van der Waals surface area contributed by atoms with Gasteiger partial charge in [-0.3, -0.25) is 4.79 Å². The van der Waals surface area contributed by atoms with Crippen molar-refractivity contribution in [2.24, 2.45) is 0 Å². The van der Waals surface area contributed by atoms with E-state index in [-0.39, 0.29) is 5.91 Å². The Labute approximate surface area is 193 Å². The van der Waals surface area contributed by atoms with E-state index in [1.807, 2.05) is 26.0 Å². The number of sulfonamides is 1. The van der Waals surface area contributed by atoms with Crippen LogP contribution in [0.25, 0.3) is 10.6 Å². The van der Waals surface area contributed by atoms with Crippen molar-refractivity contribution in [3.05, 3.63) is 69.7 Å². The van der Waals surface area contributed by atoms with Gasteiger partial charge in [-0.25, -0.2) is 13.4 Å². The molecule has 0 spiro atoms. The van der Waals surface area contributed by atoms with Crippen molar-refractivity contribution in [3.63, 3.8) is 0 Å². The highest BCUT2D eigenvalue weighted by atomic mass is 32.2. The molecule has 32 heavy (non-hydrogen) atoms. The molecule has 0 atom stereocenters. The van der Waals surface area contributed by atoms with Crippen molar-refractivity contribution in [3.8, 4) is 10.6 Å². The molecule has 168 valence electrons. The summed E-state index contributed by atoms with van der Waals surface area (Å²) in [7, 11) is -3.43. The second-order valence-corrected chi connectivity index (χ2v) is 11.1. The normalized spacial score (nSPS) is 14.6. The number of carbonyl (C=O) groups excluding carboxylic acids is 1. The second kappa shape index (κ2) is 9.13. The Bertz CT molecular complexity index is 1240. The molecule has 1 fully saturated rings. The SMILES string of the molecule is Cc1ccc(-c2nc(C)c(C(=O)NCc3ccc(S(=O)(=O)N4CCCC4)cc3)s2)c(C)c1. The Morgan fingerprint density at radius 3 is 2.41 bits per heavy atom. The van der Waals surface area contributed by atoms with E-state index in [1.54, 1.807) is 24.3 Å². The minimum absolute atomic E-state index is 0.176. The number of aromatic nitrogens is 1. The van der Waals surface area contributed by atoms with Crippen molar-refractivity contribution in [1.82, 2.24) is 14.6 Å². The van der Waals surface area contributed by atoms with Crippen LogP contribution in [-0.2, 0) is 16.6 Å². The maximum absolute atomic E-state index is 12.8. The fourth-order valence-corrected chi connectivity index (χ4v) is 6.49. The molecule has 6 nitrogen and oxygen atoms in total. The van der Waals surface area contributed by atoms with Gasteiger partial charge in [0.15, 0.2) is 0 Å². The Balaban J connectivity index is 1.43. The topological polar surface area (TPSA) is 79.4 Å². The number of aryl methyl sites for hydroxylation is 3. The van der Waals surface area contributed by atoms with Crippen LogP contribution < -0.4 is 5.32 Å². The zero-order valence-corrected chi connectivity index (χ0v) is 20.1. The molecule has 0 aliphatic carbocycles. The Hall–Kier alpha value is -2.55. The predicted molar refractivity (Wildman–Crippen MR) is 127 cm³/mol. The number of carbonyl (C=O) groups is 1. The van der Waals surface area contributed by atoms with Gasteiger partial charge in [0.1, 0.15) is 9.88 Å². The van der Waals surface area contributed by atoms with Crippen LogP contribution >= 0.6 is 11.3 Å². The van der Waals surface area contributed by atoms with Gasteiger partial charge in [0.25, 0.3) is 5.91 Å². The summed E-state index contributed by atoms with van der Waals surface area (Å²) in [5, 5.41) is 3.76. The molecule has 2 aromatic carbocycles. The molecule has 0 bridgehead atoms. The number of nitrogens with one attached hydrogen (secondary N) is 1. The third-order valence-corrected chi connectivity index (χ3v) is 8.80. The third-order valence-electron chi connectivity index (χ3n) is 5.69. The highest BCUT2D eigenvalue weighted by Gasteiger charge is 2.27. The van der Waals surface area contributed by atoms with Gasteiger partial charge >= 0.3 is 0 Å². The molecule has 8 heteroatoms. The second-order valence-electron chi connectivity index (χ2n) is 8.19. The molecule has 4 rings (SSSR count). The van der Waals surface area contributed by atoms with Gasteiger partial charge in [-0.2, -0.15) is 4.31 Å². The number of hydrogen-bond acceptors (Lipinski definition) is 5. The van der Waals surface area contributed by atoms with E-state index < -0.39 is 10.0 Å². The van der Waals surface area contributed by atoms with Crippen molar-refractivity contribution in [1.29, 1.82) is 0 Å². The summed E-state index contributed by atoms with van der Waals surface area (Å²) in [5.74, 6) is -0.176. The molecule has 1 N–H and O–H groups in total. The number of rotatable bonds is 6. The molecule has 1 aliphatic heterocycles. The number of nitrogens with zero attached hydrogens (tertiary/aromatic N) is 2. The van der Waals surface area contributed by atoms with Crippen LogP contribution in [0.4, 0.5) is 0 Å². The Morgan fingerprint density at radius 1 is 1.06 bits per heavy atom. The summed E-state index contributed by atoms with van der Waals surface area (Å²) in [5.41, 5.74) is 4.91. The predicted octanol–water partition coefficient (Wildman–Crippen LogP) is 4.45. The smallest absolute Gasteiger partial charge is 0.263 e. The zero-order valence-electron chi connectivity index (χ0n) is 18.5. The maximum atomic E-state index is 12.8. The third kappa shape index (κ3) is 4.62. The van der Waals surface area contributed by atoms with E-state index in [1.165, 1.54) is 21.2 Å². The highest BCUT2D eigenvalue weighted by Crippen LogP contribution is 2.30. The molecular formula is C24H27N3O3S2. The fraction of sp³-hybridized carbons (Fsp3) is 0.333. The van der Waals surface area contributed by atoms with Gasteiger partial charge in [0.2, 0.25) is 10.0 Å². The first-order valence-corrected chi connectivity index (χ1v) is 12.9. The lowest BCUT2D eigenvalue weighted by molar-refractivity contribution is 0.0954. The van der Waals surface area contributed by atoms with Gasteiger partial charge in [-0.15, -0.1) is 11.3 Å². The van der Waals surface area contributed by atoms with Crippen LogP contribution in [0.1, 0.15) is 44.9 Å². The molecule has 1 amide bonds. The molecule has 3 aromatic rings. The lowest BCUT2D eigenvalue weighted by atomic mass is 10.1. The zero-order chi connectivity index (χ0) is 22.9. The summed E-state index contributed by atoms with van der Waals surface area (Å²) in [6.45, 7) is 7.43. The van der Waals surface area contributed by atoms with E-state index >= 15 is 0 Å². The first-order valence-electron chi connectivity index (χ1n) is 10.7. The minimum Gasteiger partial charge on any atom is -0.347 e. The molecule has 0 saturated carbocycles. The quantitative estimate of drug-likeness (QED) is 0.578. The van der Waals surface area contributed by atoms with Crippen LogP contribution in [0.2, 0.25) is 0 Å². The van der Waals surface area contributed by atoms with E-state index in [2.05, 4.69) is 23.3 Å². The van der Waals surface area contributed by atoms with Gasteiger partial charge in [-0.05, 0) is 56.9 Å². The number of hydrogen-bond donors (Lipinski definition) is 1. The van der Waals surface area contributed by atoms with E-state index in [0.29, 0.717) is 35.1 Å². The molecule has 0 radical (unpaired) electrons. The van der Waals surface area contributed by atoms with Crippen molar-refractivity contribution in [2.75, 3.05) is 13.1 Å². The highest BCUT2D eigenvalue weighted by molar-refractivity contribution is 7.89. The maximum Gasteiger partial charge on any atom is 0.263 e. The number of benzene rings is 2. The Morgan fingerprint density at radius 2 is 1.75 bits per heavy atom. The summed E-state index contributed by atoms with van der Waals surface area (Å²) in [4.78, 5) is 18.3. The van der Waals surface area contributed by atoms with Gasteiger partial charge < -0.3 is 5.32 Å². The van der Waals surface area contributed by atoms with Crippen LogP contribution in [-0.4, -0.2) is 36.7 Å². The van der Waals surface area contributed by atoms with Crippen molar-refractivity contribution < 1.29 is 13.2 Å². The van der Waals surface area contributed by atoms with Crippen LogP contribution in [0.3, 0.4) is 0 Å². The van der Waals surface area contributed by atoms with Gasteiger partial charge in [0.05, 0.1) is 10.6 Å². The molecule has 1 saturated heterocycles. The van der Waals surface area contributed by atoms with Gasteiger partial charge in [0, 0.05) is 25.2 Å². The average Bonchev–Trinajstić information content (AvgIpc) is 3.43. The molecule has 0 unspecified atom stereocenters. The van der Waals surface area contributed by atoms with Crippen LogP contribution in [0.5, 0.6) is 0 Å². The fourth-order valence-electron chi connectivity index (χ4n) is 3.90. The van der Waals surface area contributed by atoms with Crippen molar-refractivity contribution >= 4 is 27.3 Å². The molecule has 1 aliphatic rings. The molecule has 2 heterocycles. The van der Waals surface area contributed by atoms with Crippen LogP contribution in [0, 0.1) is 20.8 Å². The summed E-state index contributed by atoms with van der Waals surface area (Å²) in [6, 6.07) is 12.9. The number of amides is 1. The monoisotopic (exact) mass is 469 g/mol. The Kier molecular flexibility index (Phi) is 6.46. The average molecular weight is 470 g/mol. The standard InChI is InChI=1S/C24H27N3O3S2/c1-16-6-11-21(17(2)14-16)24-26-18(3)22(31-24)23(28)25-15-19-7-9-20(10-8-19)32(29,30)27-12-4-5-13-27/h6-11,14H,4-5,12-13,15H2,1-3H3,(H,25,28). The summed E-state index contributed by atoms with van der Waals surface area (Å²) < 4.78 is 26.8. The van der Waals surface area contributed by atoms with E-state index in [9.17, 15) is 13.2 Å². The summed E-state index contributed by atoms with van der Waals surface area (Å²) >= 11 is 1.39.